The third kappa shape index (κ3) is 3.76. The van der Waals surface area contributed by atoms with Gasteiger partial charge in [0.15, 0.2) is 0 Å². The summed E-state index contributed by atoms with van der Waals surface area (Å²) in [5.41, 5.74) is 0.670. The number of carbonyl (C=O) groups is 2. The van der Waals surface area contributed by atoms with Crippen molar-refractivity contribution in [3.05, 3.63) is 59.8 Å². The molecule has 1 aromatic rings. The lowest BCUT2D eigenvalue weighted by molar-refractivity contribution is -0.139. The molecule has 0 saturated heterocycles. The van der Waals surface area contributed by atoms with Gasteiger partial charge in [-0.1, -0.05) is 43.8 Å². The smallest absolute Gasteiger partial charge is 0.333 e. The Bertz CT molecular complexity index is 695. The molecule has 6 nitrogen and oxygen atoms in total. The Hall–Kier alpha value is -2.76. The van der Waals surface area contributed by atoms with E-state index >= 15 is 0 Å². The number of nitrogens with zero attached hydrogens (tertiary/aromatic N) is 2. The Balaban J connectivity index is 2.08. The Kier molecular flexibility index (Phi) is 5.63. The van der Waals surface area contributed by atoms with Gasteiger partial charge in [-0.05, 0) is 25.0 Å². The van der Waals surface area contributed by atoms with Crippen molar-refractivity contribution in [1.82, 2.24) is 5.32 Å². The zero-order chi connectivity index (χ0) is 17.6. The number of amides is 1. The highest BCUT2D eigenvalue weighted by molar-refractivity contribution is 5.91. The second-order valence-electron chi connectivity index (χ2n) is 5.49. The maximum Gasteiger partial charge on any atom is 0.333 e. The molecule has 1 aliphatic heterocycles. The van der Waals surface area contributed by atoms with Crippen LogP contribution >= 0.6 is 0 Å². The molecule has 0 aliphatic carbocycles. The molecule has 2 rings (SSSR count). The summed E-state index contributed by atoms with van der Waals surface area (Å²) in [5.74, 6) is -0.775. The molecule has 1 amide bonds. The molecule has 0 spiro atoms. The molecular formula is C18H21N3O3. The summed E-state index contributed by atoms with van der Waals surface area (Å²) in [6.45, 7) is 7.30. The third-order valence-corrected chi connectivity index (χ3v) is 3.60. The molecule has 0 saturated carbocycles. The summed E-state index contributed by atoms with van der Waals surface area (Å²) < 4.78 is 4.97. The number of azo groups is 1. The average Bonchev–Trinajstić information content (AvgIpc) is 3.04. The number of carbonyl (C=O) groups excluding carboxylic acids is 2. The number of rotatable bonds is 7. The summed E-state index contributed by atoms with van der Waals surface area (Å²) in [5, 5.41) is 11.1. The highest BCUT2D eigenvalue weighted by Gasteiger charge is 2.41. The van der Waals surface area contributed by atoms with E-state index in [2.05, 4.69) is 22.1 Å². The van der Waals surface area contributed by atoms with Gasteiger partial charge in [0.25, 0.3) is 5.91 Å². The van der Waals surface area contributed by atoms with Gasteiger partial charge in [0.1, 0.15) is 6.61 Å². The first-order valence-corrected chi connectivity index (χ1v) is 7.80. The van der Waals surface area contributed by atoms with E-state index in [9.17, 15) is 9.59 Å². The molecule has 0 radical (unpaired) electrons. The van der Waals surface area contributed by atoms with Crippen LogP contribution in [0.15, 0.2) is 64.5 Å². The minimum absolute atomic E-state index is 0.0732. The monoisotopic (exact) mass is 327 g/mol. The van der Waals surface area contributed by atoms with Gasteiger partial charge in [-0.15, -0.1) is 0 Å². The fourth-order valence-corrected chi connectivity index (χ4v) is 2.26. The number of esters is 1. The maximum absolute atomic E-state index is 12.7. The van der Waals surface area contributed by atoms with Crippen molar-refractivity contribution in [2.24, 2.45) is 10.2 Å². The van der Waals surface area contributed by atoms with Gasteiger partial charge in [0.2, 0.25) is 5.54 Å². The Morgan fingerprint density at radius 1 is 1.29 bits per heavy atom. The van der Waals surface area contributed by atoms with Crippen molar-refractivity contribution in [2.45, 2.75) is 25.8 Å². The van der Waals surface area contributed by atoms with Crippen molar-refractivity contribution in [1.29, 1.82) is 0 Å². The molecular weight excluding hydrogens is 306 g/mol. The molecule has 1 unspecified atom stereocenters. The van der Waals surface area contributed by atoms with Crippen molar-refractivity contribution in [3.8, 4) is 0 Å². The van der Waals surface area contributed by atoms with Crippen LogP contribution in [0.1, 0.15) is 25.8 Å². The lowest BCUT2D eigenvalue weighted by Gasteiger charge is -2.22. The number of allylic oxidation sites excluding steroid dienone is 1. The molecule has 0 fully saturated rings. The Morgan fingerprint density at radius 3 is 2.58 bits per heavy atom. The van der Waals surface area contributed by atoms with Crippen LogP contribution in [0.3, 0.4) is 0 Å². The van der Waals surface area contributed by atoms with Gasteiger partial charge in [-0.3, -0.25) is 4.79 Å². The summed E-state index contributed by atoms with van der Waals surface area (Å²) >= 11 is 0. The van der Waals surface area contributed by atoms with E-state index in [0.717, 1.165) is 11.3 Å². The number of nitrogens with one attached hydrogen (secondary N) is 1. The molecule has 0 aromatic heterocycles. The Morgan fingerprint density at radius 2 is 2.00 bits per heavy atom. The molecule has 1 atom stereocenters. The fourth-order valence-electron chi connectivity index (χ4n) is 2.26. The van der Waals surface area contributed by atoms with Gasteiger partial charge < -0.3 is 10.1 Å². The van der Waals surface area contributed by atoms with E-state index in [1.807, 2.05) is 37.3 Å². The normalized spacial score (nSPS) is 18.8. The quantitative estimate of drug-likeness (QED) is 0.475. The molecule has 24 heavy (non-hydrogen) atoms. The van der Waals surface area contributed by atoms with Gasteiger partial charge in [0, 0.05) is 5.57 Å². The van der Waals surface area contributed by atoms with Crippen molar-refractivity contribution >= 4 is 11.9 Å². The van der Waals surface area contributed by atoms with Crippen molar-refractivity contribution < 1.29 is 14.3 Å². The predicted molar refractivity (Wildman–Crippen MR) is 90.1 cm³/mol. The standard InChI is InChI=1S/C18H21N3O3/c1-4-15-12-18(21-20-15,14-8-6-5-7-9-14)17(23)19-10-11-24-16(22)13(2)3/h5-9,12H,2,4,10-11H2,1,3H3,(H,19,23). The van der Waals surface area contributed by atoms with Crippen LogP contribution in [0, 0.1) is 0 Å². The first kappa shape index (κ1) is 17.6. The Labute approximate surface area is 141 Å². The van der Waals surface area contributed by atoms with Crippen LogP contribution in [0.5, 0.6) is 0 Å². The fraction of sp³-hybridized carbons (Fsp3) is 0.333. The van der Waals surface area contributed by atoms with E-state index in [4.69, 9.17) is 4.74 Å². The lowest BCUT2D eigenvalue weighted by atomic mass is 9.89. The molecule has 1 aromatic carbocycles. The number of ether oxygens (including phenoxy) is 1. The second kappa shape index (κ2) is 7.68. The molecule has 1 heterocycles. The van der Waals surface area contributed by atoms with Crippen LogP contribution in [0.2, 0.25) is 0 Å². The number of benzene rings is 1. The van der Waals surface area contributed by atoms with E-state index in [0.29, 0.717) is 12.0 Å². The number of hydrogen-bond donors (Lipinski definition) is 1. The van der Waals surface area contributed by atoms with Gasteiger partial charge in [-0.25, -0.2) is 4.79 Å². The molecule has 6 heteroatoms. The predicted octanol–water partition coefficient (Wildman–Crippen LogP) is 2.88. The highest BCUT2D eigenvalue weighted by Crippen LogP contribution is 2.35. The van der Waals surface area contributed by atoms with Crippen LogP contribution in [0.25, 0.3) is 0 Å². The molecule has 126 valence electrons. The van der Waals surface area contributed by atoms with Crippen molar-refractivity contribution in [2.75, 3.05) is 13.2 Å². The van der Waals surface area contributed by atoms with Crippen LogP contribution in [0.4, 0.5) is 0 Å². The highest BCUT2D eigenvalue weighted by atomic mass is 16.5. The van der Waals surface area contributed by atoms with Crippen LogP contribution in [-0.2, 0) is 19.9 Å². The average molecular weight is 327 g/mol. The van der Waals surface area contributed by atoms with Gasteiger partial charge in [-0.2, -0.15) is 10.2 Å². The third-order valence-electron chi connectivity index (χ3n) is 3.60. The van der Waals surface area contributed by atoms with E-state index < -0.39 is 11.5 Å². The summed E-state index contributed by atoms with van der Waals surface area (Å²) in [6, 6.07) is 9.27. The van der Waals surface area contributed by atoms with Crippen molar-refractivity contribution in [3.63, 3.8) is 0 Å². The maximum atomic E-state index is 12.7. The zero-order valence-electron chi connectivity index (χ0n) is 13.9. The first-order valence-electron chi connectivity index (χ1n) is 7.80. The molecule has 0 bridgehead atoms. The molecule has 1 aliphatic rings. The van der Waals surface area contributed by atoms with E-state index in [1.165, 1.54) is 0 Å². The van der Waals surface area contributed by atoms with Gasteiger partial charge >= 0.3 is 5.97 Å². The minimum Gasteiger partial charge on any atom is -0.460 e. The zero-order valence-corrected chi connectivity index (χ0v) is 13.9. The summed E-state index contributed by atoms with van der Waals surface area (Å²) in [7, 11) is 0. The summed E-state index contributed by atoms with van der Waals surface area (Å²) in [6.07, 6.45) is 2.47. The topological polar surface area (TPSA) is 80.1 Å². The summed E-state index contributed by atoms with van der Waals surface area (Å²) in [4.78, 5) is 24.1. The van der Waals surface area contributed by atoms with E-state index in [1.54, 1.807) is 13.0 Å². The number of hydrogen-bond acceptors (Lipinski definition) is 5. The van der Waals surface area contributed by atoms with Gasteiger partial charge in [0.05, 0.1) is 12.2 Å². The first-order chi connectivity index (χ1) is 11.5. The second-order valence-corrected chi connectivity index (χ2v) is 5.49. The van der Waals surface area contributed by atoms with E-state index in [-0.39, 0.29) is 19.1 Å². The molecule has 1 N–H and O–H groups in total. The minimum atomic E-state index is -1.16. The largest absolute Gasteiger partial charge is 0.460 e. The van der Waals surface area contributed by atoms with Crippen LogP contribution < -0.4 is 5.32 Å². The SMILES string of the molecule is C=C(C)C(=O)OCCNC(=O)C1(c2ccccc2)C=C(CC)N=N1. The van der Waals surface area contributed by atoms with Crippen LogP contribution in [-0.4, -0.2) is 25.0 Å². The lowest BCUT2D eigenvalue weighted by Crippen LogP contribution is -2.42.